The molecule has 0 radical (unpaired) electrons. The number of thiophene rings is 1. The quantitative estimate of drug-likeness (QED) is 0.640. The monoisotopic (exact) mass is 436 g/mol. The van der Waals surface area contributed by atoms with E-state index in [2.05, 4.69) is 46.0 Å². The van der Waals surface area contributed by atoms with Crippen LogP contribution < -0.4 is 5.32 Å². The summed E-state index contributed by atoms with van der Waals surface area (Å²) in [6, 6.07) is 12.6. The molecule has 1 atom stereocenters. The fourth-order valence-corrected chi connectivity index (χ4v) is 4.91. The fourth-order valence-electron chi connectivity index (χ4n) is 4.18. The van der Waals surface area contributed by atoms with Gasteiger partial charge in [-0.05, 0) is 49.3 Å². The summed E-state index contributed by atoms with van der Waals surface area (Å²) < 4.78 is 1.76. The lowest BCUT2D eigenvalue weighted by Gasteiger charge is -2.29. The summed E-state index contributed by atoms with van der Waals surface area (Å²) >= 11 is 1.71. The van der Waals surface area contributed by atoms with Gasteiger partial charge in [-0.25, -0.2) is 4.98 Å². The number of rotatable bonds is 6. The van der Waals surface area contributed by atoms with Crippen LogP contribution in [0.15, 0.2) is 54.3 Å². The molecule has 0 bridgehead atoms. The summed E-state index contributed by atoms with van der Waals surface area (Å²) in [5.74, 6) is -0.103. The zero-order valence-corrected chi connectivity index (χ0v) is 19.0. The molecule has 7 heteroatoms. The van der Waals surface area contributed by atoms with Crippen molar-refractivity contribution in [1.82, 2.24) is 19.8 Å². The molecule has 3 aromatic rings. The maximum Gasteiger partial charge on any atom is 0.274 e. The maximum atomic E-state index is 13.3. The Balaban J connectivity index is 1.56. The minimum atomic E-state index is -0.640. The Morgan fingerprint density at radius 3 is 2.61 bits per heavy atom. The molecular formula is C24H28N4O2S. The normalized spacial score (nSPS) is 18.5. The molecule has 1 aliphatic rings. The average molecular weight is 437 g/mol. The van der Waals surface area contributed by atoms with Crippen molar-refractivity contribution in [2.45, 2.75) is 32.7 Å². The summed E-state index contributed by atoms with van der Waals surface area (Å²) in [5, 5.41) is 5.16. The zero-order chi connectivity index (χ0) is 22.0. The van der Waals surface area contributed by atoms with Crippen LogP contribution >= 0.6 is 11.3 Å². The number of aryl methyl sites for hydroxylation is 1. The molecule has 6 nitrogen and oxygen atoms in total. The van der Waals surface area contributed by atoms with E-state index in [1.54, 1.807) is 33.3 Å². The summed E-state index contributed by atoms with van der Waals surface area (Å²) in [5.41, 5.74) is 2.06. The van der Waals surface area contributed by atoms with E-state index in [9.17, 15) is 9.59 Å². The standard InChI is InChI=1S/C24H28N4O2S/c1-17(2)26-23(30)24(10-11-28(15-24)22(29)20-14-27(3)16-25-20)13-18-6-8-19(9-7-18)21-5-4-12-31-21/h4-9,12,14,16-17H,10-11,13,15H2,1-3H3,(H,26,30)/t24-/m0/s1. The first-order valence-electron chi connectivity index (χ1n) is 10.6. The van der Waals surface area contributed by atoms with E-state index >= 15 is 0 Å². The van der Waals surface area contributed by atoms with Crippen LogP contribution in [0.1, 0.15) is 36.3 Å². The van der Waals surface area contributed by atoms with Crippen molar-refractivity contribution in [3.63, 3.8) is 0 Å². The smallest absolute Gasteiger partial charge is 0.274 e. The Morgan fingerprint density at radius 1 is 1.23 bits per heavy atom. The predicted octanol–water partition coefficient (Wildman–Crippen LogP) is 3.75. The highest BCUT2D eigenvalue weighted by Gasteiger charge is 2.46. The number of hydrogen-bond acceptors (Lipinski definition) is 4. The molecule has 2 aromatic heterocycles. The number of aromatic nitrogens is 2. The molecule has 0 unspecified atom stereocenters. The number of carbonyl (C=O) groups is 2. The van der Waals surface area contributed by atoms with Gasteiger partial charge in [0.05, 0.1) is 11.7 Å². The number of amides is 2. The second-order valence-electron chi connectivity index (χ2n) is 8.66. The van der Waals surface area contributed by atoms with E-state index in [4.69, 9.17) is 0 Å². The molecule has 2 amide bonds. The second-order valence-corrected chi connectivity index (χ2v) is 9.61. The molecule has 0 aliphatic carbocycles. The SMILES string of the molecule is CC(C)NC(=O)[C@]1(Cc2ccc(-c3cccs3)cc2)CCN(C(=O)c2cn(C)cn2)C1. The molecular weight excluding hydrogens is 408 g/mol. The van der Waals surface area contributed by atoms with Gasteiger partial charge in [0.2, 0.25) is 5.91 Å². The molecule has 31 heavy (non-hydrogen) atoms. The highest BCUT2D eigenvalue weighted by molar-refractivity contribution is 7.13. The maximum absolute atomic E-state index is 13.3. The van der Waals surface area contributed by atoms with Crippen LogP contribution in [0.3, 0.4) is 0 Å². The lowest BCUT2D eigenvalue weighted by atomic mass is 9.79. The minimum absolute atomic E-state index is 0.0150. The van der Waals surface area contributed by atoms with Crippen molar-refractivity contribution in [3.8, 4) is 10.4 Å². The molecule has 4 rings (SSSR count). The topological polar surface area (TPSA) is 67.2 Å². The second kappa shape index (κ2) is 8.67. The molecule has 1 aliphatic heterocycles. The van der Waals surface area contributed by atoms with E-state index in [1.165, 1.54) is 10.4 Å². The first-order valence-corrected chi connectivity index (χ1v) is 11.5. The van der Waals surface area contributed by atoms with Gasteiger partial charge in [-0.3, -0.25) is 9.59 Å². The first-order chi connectivity index (χ1) is 14.9. The fraction of sp³-hybridized carbons (Fsp3) is 0.375. The van der Waals surface area contributed by atoms with Crippen LogP contribution in [0.25, 0.3) is 10.4 Å². The average Bonchev–Trinajstić information content (AvgIpc) is 3.49. The van der Waals surface area contributed by atoms with Crippen LogP contribution in [0, 0.1) is 5.41 Å². The summed E-state index contributed by atoms with van der Waals surface area (Å²) in [6.45, 7) is 4.88. The van der Waals surface area contributed by atoms with Crippen molar-refractivity contribution in [3.05, 3.63) is 65.6 Å². The third kappa shape index (κ3) is 4.56. The third-order valence-corrected chi connectivity index (χ3v) is 6.69. The van der Waals surface area contributed by atoms with Crippen molar-refractivity contribution in [2.75, 3.05) is 13.1 Å². The van der Waals surface area contributed by atoms with Gasteiger partial charge in [-0.2, -0.15) is 0 Å². The molecule has 1 aromatic carbocycles. The number of carbonyl (C=O) groups excluding carboxylic acids is 2. The largest absolute Gasteiger partial charge is 0.353 e. The molecule has 0 saturated carbocycles. The third-order valence-electron chi connectivity index (χ3n) is 5.77. The number of hydrogen-bond donors (Lipinski definition) is 1. The van der Waals surface area contributed by atoms with Gasteiger partial charge in [0, 0.05) is 37.3 Å². The molecule has 162 valence electrons. The van der Waals surface area contributed by atoms with Crippen LogP contribution in [0.5, 0.6) is 0 Å². The van der Waals surface area contributed by atoms with Crippen LogP contribution in [-0.4, -0.2) is 45.4 Å². The van der Waals surface area contributed by atoms with E-state index < -0.39 is 5.41 Å². The zero-order valence-electron chi connectivity index (χ0n) is 18.2. The predicted molar refractivity (Wildman–Crippen MR) is 123 cm³/mol. The van der Waals surface area contributed by atoms with Crippen molar-refractivity contribution >= 4 is 23.2 Å². The van der Waals surface area contributed by atoms with Gasteiger partial charge >= 0.3 is 0 Å². The van der Waals surface area contributed by atoms with Gasteiger partial charge in [0.1, 0.15) is 5.69 Å². The van der Waals surface area contributed by atoms with Crippen LogP contribution in [0.4, 0.5) is 0 Å². The molecule has 1 saturated heterocycles. The molecule has 0 spiro atoms. The van der Waals surface area contributed by atoms with E-state index in [0.29, 0.717) is 31.6 Å². The number of likely N-dealkylation sites (tertiary alicyclic amines) is 1. The van der Waals surface area contributed by atoms with Gasteiger partial charge in [-0.15, -0.1) is 11.3 Å². The van der Waals surface area contributed by atoms with E-state index in [1.807, 2.05) is 27.0 Å². The highest BCUT2D eigenvalue weighted by Crippen LogP contribution is 2.36. The number of imidazole rings is 1. The highest BCUT2D eigenvalue weighted by atomic mass is 32.1. The van der Waals surface area contributed by atoms with Gasteiger partial charge in [0.25, 0.3) is 5.91 Å². The van der Waals surface area contributed by atoms with Gasteiger partial charge in [-0.1, -0.05) is 30.3 Å². The Bertz CT molecular complexity index is 1060. The summed E-state index contributed by atoms with van der Waals surface area (Å²) in [4.78, 5) is 33.4. The van der Waals surface area contributed by atoms with Gasteiger partial charge in [0.15, 0.2) is 0 Å². The summed E-state index contributed by atoms with van der Waals surface area (Å²) in [6.07, 6.45) is 4.58. The van der Waals surface area contributed by atoms with Crippen LogP contribution in [-0.2, 0) is 18.3 Å². The van der Waals surface area contributed by atoms with Crippen molar-refractivity contribution in [2.24, 2.45) is 12.5 Å². The van der Waals surface area contributed by atoms with Gasteiger partial charge < -0.3 is 14.8 Å². The Hall–Kier alpha value is -2.93. The Kier molecular flexibility index (Phi) is 5.96. The van der Waals surface area contributed by atoms with Crippen molar-refractivity contribution in [1.29, 1.82) is 0 Å². The Labute approximate surface area is 186 Å². The Morgan fingerprint density at radius 2 is 2.00 bits per heavy atom. The van der Waals surface area contributed by atoms with E-state index in [-0.39, 0.29) is 17.9 Å². The van der Waals surface area contributed by atoms with Crippen molar-refractivity contribution < 1.29 is 9.59 Å². The number of nitrogens with zero attached hydrogens (tertiary/aromatic N) is 3. The van der Waals surface area contributed by atoms with E-state index in [0.717, 1.165) is 5.56 Å². The number of nitrogens with one attached hydrogen (secondary N) is 1. The lowest BCUT2D eigenvalue weighted by molar-refractivity contribution is -0.130. The first kappa shape index (κ1) is 21.3. The molecule has 3 heterocycles. The van der Waals surface area contributed by atoms with Crippen LogP contribution in [0.2, 0.25) is 0 Å². The minimum Gasteiger partial charge on any atom is -0.353 e. The lowest BCUT2D eigenvalue weighted by Crippen LogP contribution is -2.47. The number of benzene rings is 1. The molecule has 1 fully saturated rings. The summed E-state index contributed by atoms with van der Waals surface area (Å²) in [7, 11) is 1.84. The molecule has 1 N–H and O–H groups in total.